The minimum absolute atomic E-state index is 0. The van der Waals surface area contributed by atoms with E-state index in [4.69, 9.17) is 5.73 Å². The van der Waals surface area contributed by atoms with E-state index in [2.05, 4.69) is 26.1 Å². The summed E-state index contributed by atoms with van der Waals surface area (Å²) in [4.78, 5) is 25.9. The molecule has 3 N–H and O–H groups in total. The van der Waals surface area contributed by atoms with Crippen LogP contribution < -0.4 is 11.1 Å². The van der Waals surface area contributed by atoms with Gasteiger partial charge in [0.05, 0.1) is 5.75 Å². The number of likely N-dealkylation sites (tertiary alicyclic amines) is 1. The number of amides is 2. The SMILES string of the molecule is CC(C)(C)SCC(=O)N1CCCCC1CNC(=O)CCN.Cl. The van der Waals surface area contributed by atoms with E-state index in [1.54, 1.807) is 11.8 Å². The van der Waals surface area contributed by atoms with Gasteiger partial charge >= 0.3 is 0 Å². The van der Waals surface area contributed by atoms with E-state index in [1.165, 1.54) is 0 Å². The molecule has 130 valence electrons. The monoisotopic (exact) mass is 351 g/mol. The zero-order valence-corrected chi connectivity index (χ0v) is 15.5. The number of carbonyl (C=O) groups excluding carboxylic acids is 2. The zero-order chi connectivity index (χ0) is 15.9. The van der Waals surface area contributed by atoms with E-state index in [0.717, 1.165) is 25.8 Å². The molecule has 1 saturated heterocycles. The Morgan fingerprint density at radius 2 is 2.00 bits per heavy atom. The smallest absolute Gasteiger partial charge is 0.232 e. The van der Waals surface area contributed by atoms with Gasteiger partial charge in [0.15, 0.2) is 0 Å². The summed E-state index contributed by atoms with van der Waals surface area (Å²) in [5.41, 5.74) is 5.37. The van der Waals surface area contributed by atoms with Crippen molar-refractivity contribution >= 4 is 36.0 Å². The third kappa shape index (κ3) is 8.25. The normalized spacial score (nSPS) is 18.5. The maximum Gasteiger partial charge on any atom is 0.232 e. The zero-order valence-electron chi connectivity index (χ0n) is 13.9. The number of piperidine rings is 1. The average Bonchev–Trinajstić information content (AvgIpc) is 2.42. The molecule has 0 spiro atoms. The van der Waals surface area contributed by atoms with Crippen LogP contribution in [0.3, 0.4) is 0 Å². The van der Waals surface area contributed by atoms with Crippen molar-refractivity contribution in [1.82, 2.24) is 10.2 Å². The van der Waals surface area contributed by atoms with Crippen molar-refractivity contribution < 1.29 is 9.59 Å². The molecule has 0 saturated carbocycles. The highest BCUT2D eigenvalue weighted by Gasteiger charge is 2.27. The third-order valence-corrected chi connectivity index (χ3v) is 4.74. The average molecular weight is 352 g/mol. The second kappa shape index (κ2) is 10.3. The number of nitrogens with zero attached hydrogens (tertiary/aromatic N) is 1. The standard InChI is InChI=1S/C15H29N3O2S.ClH/c1-15(2,3)21-11-14(20)18-9-5-4-6-12(18)10-17-13(19)7-8-16;/h12H,4-11,16H2,1-3H3,(H,17,19);1H. The van der Waals surface area contributed by atoms with Crippen molar-refractivity contribution in [2.75, 3.05) is 25.4 Å². The lowest BCUT2D eigenvalue weighted by molar-refractivity contribution is -0.132. The molecule has 2 amide bonds. The molecule has 1 atom stereocenters. The molecule has 0 aromatic carbocycles. The molecule has 0 aliphatic carbocycles. The first-order valence-corrected chi connectivity index (χ1v) is 8.72. The molecule has 1 aliphatic heterocycles. The molecule has 1 unspecified atom stereocenters. The first-order valence-electron chi connectivity index (χ1n) is 7.73. The van der Waals surface area contributed by atoms with Crippen molar-refractivity contribution in [3.05, 3.63) is 0 Å². The topological polar surface area (TPSA) is 75.4 Å². The molecule has 0 radical (unpaired) electrons. The first kappa shape index (κ1) is 21.5. The van der Waals surface area contributed by atoms with E-state index in [-0.39, 0.29) is 35.0 Å². The number of nitrogens with two attached hydrogens (primary N) is 1. The molecule has 22 heavy (non-hydrogen) atoms. The lowest BCUT2D eigenvalue weighted by Gasteiger charge is -2.36. The molecule has 0 aromatic heterocycles. The number of halogens is 1. The van der Waals surface area contributed by atoms with Gasteiger partial charge in [0.25, 0.3) is 0 Å². The Hall–Kier alpha value is -0.460. The number of thioether (sulfide) groups is 1. The van der Waals surface area contributed by atoms with Crippen molar-refractivity contribution in [1.29, 1.82) is 0 Å². The van der Waals surface area contributed by atoms with E-state index >= 15 is 0 Å². The predicted octanol–water partition coefficient (Wildman–Crippen LogP) is 1.79. The molecule has 1 heterocycles. The lowest BCUT2D eigenvalue weighted by atomic mass is 10.0. The number of hydrogen-bond donors (Lipinski definition) is 2. The van der Waals surface area contributed by atoms with Gasteiger partial charge in [-0.05, 0) is 19.3 Å². The summed E-state index contributed by atoms with van der Waals surface area (Å²) in [5, 5.41) is 2.89. The summed E-state index contributed by atoms with van der Waals surface area (Å²) < 4.78 is 0.0935. The molecule has 1 fully saturated rings. The van der Waals surface area contributed by atoms with Gasteiger partial charge in [-0.15, -0.1) is 24.2 Å². The molecule has 7 heteroatoms. The summed E-state index contributed by atoms with van der Waals surface area (Å²) in [6, 6.07) is 0.133. The Balaban J connectivity index is 0.00000441. The molecule has 5 nitrogen and oxygen atoms in total. The molecule has 1 aliphatic rings. The van der Waals surface area contributed by atoms with Crippen LogP contribution in [0.1, 0.15) is 46.5 Å². The minimum Gasteiger partial charge on any atom is -0.354 e. The van der Waals surface area contributed by atoms with Crippen molar-refractivity contribution in [2.24, 2.45) is 5.73 Å². The molecule has 1 rings (SSSR count). The van der Waals surface area contributed by atoms with Gasteiger partial charge in [0.2, 0.25) is 11.8 Å². The second-order valence-corrected chi connectivity index (χ2v) is 8.28. The van der Waals surface area contributed by atoms with E-state index in [1.807, 2.05) is 4.90 Å². The maximum absolute atomic E-state index is 12.4. The Kier molecular flexibility index (Phi) is 10.1. The number of hydrogen-bond acceptors (Lipinski definition) is 4. The van der Waals surface area contributed by atoms with Crippen LogP contribution >= 0.6 is 24.2 Å². The summed E-state index contributed by atoms with van der Waals surface area (Å²) in [6.07, 6.45) is 3.49. The van der Waals surface area contributed by atoms with Crippen LogP contribution in [-0.2, 0) is 9.59 Å². The largest absolute Gasteiger partial charge is 0.354 e. The molecular weight excluding hydrogens is 322 g/mol. The van der Waals surface area contributed by atoms with Gasteiger partial charge in [0, 0.05) is 36.8 Å². The predicted molar refractivity (Wildman–Crippen MR) is 95.5 cm³/mol. The van der Waals surface area contributed by atoms with Crippen LogP contribution in [0.5, 0.6) is 0 Å². The number of carbonyl (C=O) groups is 2. The molecule has 0 aromatic rings. The van der Waals surface area contributed by atoms with Crippen LogP contribution in [0.2, 0.25) is 0 Å². The fourth-order valence-corrected chi connectivity index (χ4v) is 3.08. The van der Waals surface area contributed by atoms with Gasteiger partial charge in [-0.2, -0.15) is 0 Å². The van der Waals surface area contributed by atoms with Crippen LogP contribution in [-0.4, -0.2) is 52.9 Å². The summed E-state index contributed by atoms with van der Waals surface area (Å²) in [6.45, 7) is 8.07. The quantitative estimate of drug-likeness (QED) is 0.765. The fraction of sp³-hybridized carbons (Fsp3) is 0.867. The highest BCUT2D eigenvalue weighted by atomic mass is 35.5. The Labute approximate surface area is 144 Å². The van der Waals surface area contributed by atoms with E-state index in [9.17, 15) is 9.59 Å². The third-order valence-electron chi connectivity index (χ3n) is 3.48. The fourth-order valence-electron chi connectivity index (χ4n) is 2.35. The highest BCUT2D eigenvalue weighted by Crippen LogP contribution is 2.25. The number of rotatable bonds is 6. The van der Waals surface area contributed by atoms with Crippen LogP contribution in [0.25, 0.3) is 0 Å². The van der Waals surface area contributed by atoms with E-state index < -0.39 is 0 Å². The van der Waals surface area contributed by atoms with Gasteiger partial charge in [0.1, 0.15) is 0 Å². The molecular formula is C15H30ClN3O2S. The van der Waals surface area contributed by atoms with E-state index in [0.29, 0.717) is 25.3 Å². The second-order valence-electron chi connectivity index (χ2n) is 6.48. The Bertz CT molecular complexity index is 361. The van der Waals surface area contributed by atoms with Crippen molar-refractivity contribution in [3.63, 3.8) is 0 Å². The maximum atomic E-state index is 12.4. The van der Waals surface area contributed by atoms with Crippen molar-refractivity contribution in [2.45, 2.75) is 57.2 Å². The van der Waals surface area contributed by atoms with Gasteiger partial charge in [-0.3, -0.25) is 9.59 Å². The summed E-state index contributed by atoms with van der Waals surface area (Å²) >= 11 is 1.67. The van der Waals surface area contributed by atoms with Crippen LogP contribution in [0, 0.1) is 0 Å². The Morgan fingerprint density at radius 1 is 1.32 bits per heavy atom. The van der Waals surface area contributed by atoms with Gasteiger partial charge < -0.3 is 16.0 Å². The Morgan fingerprint density at radius 3 is 2.59 bits per heavy atom. The number of nitrogens with one attached hydrogen (secondary N) is 1. The van der Waals surface area contributed by atoms with Gasteiger partial charge in [-0.1, -0.05) is 20.8 Å². The highest BCUT2D eigenvalue weighted by molar-refractivity contribution is 8.01. The summed E-state index contributed by atoms with van der Waals surface area (Å²) in [5.74, 6) is 0.670. The van der Waals surface area contributed by atoms with Gasteiger partial charge in [-0.25, -0.2) is 0 Å². The minimum atomic E-state index is -0.0282. The molecule has 0 bridgehead atoms. The van der Waals surface area contributed by atoms with Crippen LogP contribution in [0.4, 0.5) is 0 Å². The van der Waals surface area contributed by atoms with Crippen LogP contribution in [0.15, 0.2) is 0 Å². The first-order chi connectivity index (χ1) is 9.83. The van der Waals surface area contributed by atoms with Crippen molar-refractivity contribution in [3.8, 4) is 0 Å². The summed E-state index contributed by atoms with van der Waals surface area (Å²) in [7, 11) is 0. The lowest BCUT2D eigenvalue weighted by Crippen LogP contribution is -2.50.